The number of aliphatic hydroxyl groups excluding tert-OH is 1. The zero-order valence-corrected chi connectivity index (χ0v) is 15.9. The van der Waals surface area contributed by atoms with Gasteiger partial charge in [0.15, 0.2) is 0 Å². The second-order valence-electron chi connectivity index (χ2n) is 6.28. The van der Waals surface area contributed by atoms with E-state index < -0.39 is 0 Å². The van der Waals surface area contributed by atoms with Gasteiger partial charge in [0.25, 0.3) is 0 Å². The Morgan fingerprint density at radius 3 is 1.81 bits per heavy atom. The summed E-state index contributed by atoms with van der Waals surface area (Å²) in [6.07, 6.45) is 1.65. The second kappa shape index (κ2) is 7.71. The molecule has 0 aliphatic rings. The van der Waals surface area contributed by atoms with Crippen LogP contribution in [-0.2, 0) is 6.42 Å². The molecule has 3 heteroatoms. The number of benzene rings is 4. The molecule has 0 amide bonds. The highest BCUT2D eigenvalue weighted by atomic mass is 35.5. The Balaban J connectivity index is 1.97. The molecule has 4 aromatic rings. The van der Waals surface area contributed by atoms with Crippen molar-refractivity contribution in [3.05, 3.63) is 83.4 Å². The highest BCUT2D eigenvalue weighted by molar-refractivity contribution is 7.99. The third-order valence-electron chi connectivity index (χ3n) is 4.61. The summed E-state index contributed by atoms with van der Waals surface area (Å²) >= 11 is 7.82. The molecule has 1 nitrogen and oxygen atoms in total. The van der Waals surface area contributed by atoms with Crippen molar-refractivity contribution in [1.29, 1.82) is 0 Å². The molecular formula is C23H19ClOS. The first-order chi connectivity index (χ1) is 12.8. The first kappa shape index (κ1) is 17.4. The Morgan fingerprint density at radius 1 is 0.731 bits per heavy atom. The maximum atomic E-state index is 9.33. The van der Waals surface area contributed by atoms with E-state index in [9.17, 15) is 5.11 Å². The van der Waals surface area contributed by atoms with Crippen molar-refractivity contribution >= 4 is 44.9 Å². The van der Waals surface area contributed by atoms with Crippen LogP contribution in [0.15, 0.2) is 82.6 Å². The van der Waals surface area contributed by atoms with Gasteiger partial charge in [-0.25, -0.2) is 0 Å². The van der Waals surface area contributed by atoms with Crippen LogP contribution in [-0.4, -0.2) is 11.7 Å². The SMILES string of the molecule is OCCCc1c2ccccc2c(Sc2ccc(Cl)cc2)c2ccccc12. The number of fused-ring (bicyclic) bond motifs is 2. The Labute approximate surface area is 162 Å². The van der Waals surface area contributed by atoms with E-state index in [0.717, 1.165) is 17.9 Å². The Hall–Kier alpha value is -2.00. The number of hydrogen-bond acceptors (Lipinski definition) is 2. The fourth-order valence-corrected chi connectivity index (χ4v) is 4.64. The van der Waals surface area contributed by atoms with Crippen molar-refractivity contribution in [2.75, 3.05) is 6.61 Å². The predicted molar refractivity (Wildman–Crippen MR) is 112 cm³/mol. The standard InChI is InChI=1S/C23H19ClOS/c24-16-11-13-17(14-12-16)26-23-21-8-3-1-6-19(21)18(10-5-15-25)20-7-2-4-9-22(20)23/h1-4,6-9,11-14,25H,5,10,15H2. The van der Waals surface area contributed by atoms with Gasteiger partial charge in [-0.15, -0.1) is 0 Å². The summed E-state index contributed by atoms with van der Waals surface area (Å²) in [5.74, 6) is 0. The third-order valence-corrected chi connectivity index (χ3v) is 6.02. The van der Waals surface area contributed by atoms with Gasteiger partial charge in [0, 0.05) is 21.4 Å². The molecule has 0 aromatic heterocycles. The lowest BCUT2D eigenvalue weighted by Gasteiger charge is -2.16. The number of aryl methyl sites for hydroxylation is 1. The van der Waals surface area contributed by atoms with Crippen LogP contribution in [0.3, 0.4) is 0 Å². The summed E-state index contributed by atoms with van der Waals surface area (Å²) in [7, 11) is 0. The predicted octanol–water partition coefficient (Wildman–Crippen LogP) is 6.72. The summed E-state index contributed by atoms with van der Waals surface area (Å²) in [6.45, 7) is 0.212. The zero-order chi connectivity index (χ0) is 17.9. The summed E-state index contributed by atoms with van der Waals surface area (Å²) in [5, 5.41) is 15.2. The van der Waals surface area contributed by atoms with E-state index in [1.54, 1.807) is 11.8 Å². The number of aliphatic hydroxyl groups is 1. The van der Waals surface area contributed by atoms with Gasteiger partial charge in [-0.2, -0.15) is 0 Å². The minimum atomic E-state index is 0.212. The molecule has 0 fully saturated rings. The molecule has 0 bridgehead atoms. The number of halogens is 1. The third kappa shape index (κ3) is 3.33. The topological polar surface area (TPSA) is 20.2 Å². The minimum Gasteiger partial charge on any atom is -0.396 e. The van der Waals surface area contributed by atoms with E-state index in [4.69, 9.17) is 11.6 Å². The Kier molecular flexibility index (Phi) is 5.16. The van der Waals surface area contributed by atoms with Crippen molar-refractivity contribution in [2.24, 2.45) is 0 Å². The van der Waals surface area contributed by atoms with Crippen LogP contribution >= 0.6 is 23.4 Å². The molecule has 0 radical (unpaired) electrons. The monoisotopic (exact) mass is 378 g/mol. The van der Waals surface area contributed by atoms with E-state index in [1.165, 1.54) is 36.9 Å². The van der Waals surface area contributed by atoms with Crippen molar-refractivity contribution in [3.8, 4) is 0 Å². The van der Waals surface area contributed by atoms with Gasteiger partial charge in [0.2, 0.25) is 0 Å². The summed E-state index contributed by atoms with van der Waals surface area (Å²) in [5.41, 5.74) is 1.32. The van der Waals surface area contributed by atoms with Crippen molar-refractivity contribution in [3.63, 3.8) is 0 Å². The first-order valence-electron chi connectivity index (χ1n) is 8.74. The Morgan fingerprint density at radius 2 is 1.27 bits per heavy atom. The minimum absolute atomic E-state index is 0.212. The maximum Gasteiger partial charge on any atom is 0.0434 e. The van der Waals surface area contributed by atoms with E-state index in [1.807, 2.05) is 12.1 Å². The van der Waals surface area contributed by atoms with E-state index in [0.29, 0.717) is 0 Å². The van der Waals surface area contributed by atoms with Gasteiger partial charge in [0.05, 0.1) is 0 Å². The molecule has 0 atom stereocenters. The molecule has 4 rings (SSSR count). The maximum absolute atomic E-state index is 9.33. The molecule has 0 aliphatic heterocycles. The summed E-state index contributed by atoms with van der Waals surface area (Å²) < 4.78 is 0. The van der Waals surface area contributed by atoms with Crippen LogP contribution < -0.4 is 0 Å². The first-order valence-corrected chi connectivity index (χ1v) is 9.94. The molecule has 1 N–H and O–H groups in total. The molecule has 0 unspecified atom stereocenters. The molecule has 0 aliphatic carbocycles. The van der Waals surface area contributed by atoms with Crippen LogP contribution in [0.25, 0.3) is 21.5 Å². The lowest BCUT2D eigenvalue weighted by Crippen LogP contribution is -1.95. The average Bonchev–Trinajstić information content (AvgIpc) is 2.69. The van der Waals surface area contributed by atoms with Crippen molar-refractivity contribution in [1.82, 2.24) is 0 Å². The normalized spacial score (nSPS) is 11.3. The fourth-order valence-electron chi connectivity index (χ4n) is 3.43. The number of rotatable bonds is 5. The molecule has 0 spiro atoms. The largest absolute Gasteiger partial charge is 0.396 e. The summed E-state index contributed by atoms with van der Waals surface area (Å²) in [6, 6.07) is 25.2. The molecule has 130 valence electrons. The van der Waals surface area contributed by atoms with Gasteiger partial charge in [0.1, 0.15) is 0 Å². The van der Waals surface area contributed by atoms with Crippen molar-refractivity contribution < 1.29 is 5.11 Å². The van der Waals surface area contributed by atoms with E-state index in [2.05, 4.69) is 60.7 Å². The zero-order valence-electron chi connectivity index (χ0n) is 14.3. The van der Waals surface area contributed by atoms with Crippen LogP contribution in [0, 0.1) is 0 Å². The lowest BCUT2D eigenvalue weighted by atomic mass is 9.94. The lowest BCUT2D eigenvalue weighted by molar-refractivity contribution is 0.289. The second-order valence-corrected chi connectivity index (χ2v) is 7.80. The smallest absolute Gasteiger partial charge is 0.0434 e. The van der Waals surface area contributed by atoms with E-state index in [-0.39, 0.29) is 6.61 Å². The molecular weight excluding hydrogens is 360 g/mol. The molecule has 26 heavy (non-hydrogen) atoms. The molecule has 0 heterocycles. The summed E-state index contributed by atoms with van der Waals surface area (Å²) in [4.78, 5) is 2.44. The molecule has 0 saturated heterocycles. The van der Waals surface area contributed by atoms with Crippen molar-refractivity contribution in [2.45, 2.75) is 22.6 Å². The van der Waals surface area contributed by atoms with Gasteiger partial charge < -0.3 is 5.11 Å². The van der Waals surface area contributed by atoms with Gasteiger partial charge in [-0.3, -0.25) is 0 Å². The average molecular weight is 379 g/mol. The molecule has 4 aromatic carbocycles. The van der Waals surface area contributed by atoms with Gasteiger partial charge >= 0.3 is 0 Å². The van der Waals surface area contributed by atoms with E-state index >= 15 is 0 Å². The van der Waals surface area contributed by atoms with Crippen LogP contribution in [0.2, 0.25) is 5.02 Å². The quantitative estimate of drug-likeness (QED) is 0.389. The van der Waals surface area contributed by atoms with Gasteiger partial charge in [-0.1, -0.05) is 71.9 Å². The van der Waals surface area contributed by atoms with Crippen LogP contribution in [0.5, 0.6) is 0 Å². The van der Waals surface area contributed by atoms with Crippen LogP contribution in [0.1, 0.15) is 12.0 Å². The van der Waals surface area contributed by atoms with Gasteiger partial charge in [-0.05, 0) is 64.2 Å². The fraction of sp³-hybridized carbons (Fsp3) is 0.130. The number of hydrogen-bond donors (Lipinski definition) is 1. The Bertz CT molecular complexity index is 1000. The highest BCUT2D eigenvalue weighted by Gasteiger charge is 2.14. The van der Waals surface area contributed by atoms with Crippen LogP contribution in [0.4, 0.5) is 0 Å². The highest BCUT2D eigenvalue weighted by Crippen LogP contribution is 2.42. The molecule has 0 saturated carbocycles.